The van der Waals surface area contributed by atoms with E-state index >= 15 is 0 Å². The van der Waals surface area contributed by atoms with Crippen LogP contribution in [0.3, 0.4) is 0 Å². The molecule has 0 aliphatic carbocycles. The molecule has 0 spiro atoms. The summed E-state index contributed by atoms with van der Waals surface area (Å²) in [5.41, 5.74) is 2.55. The maximum Gasteiger partial charge on any atom is 0.253 e. The van der Waals surface area contributed by atoms with Gasteiger partial charge < -0.3 is 9.64 Å². The standard InChI is InChI=1S/C21H21Br2N3O2/c1-3-26-19(18(23)12-24-26)13-25(2)21(27)16-8-6-7-15(11-16)14-28-20-10-5-4-9-17(20)22/h4-12H,3,13-14H2,1-2H3. The average Bonchev–Trinajstić information content (AvgIpc) is 3.06. The number of hydrogen-bond donors (Lipinski definition) is 0. The molecule has 1 aromatic heterocycles. The Balaban J connectivity index is 1.69. The summed E-state index contributed by atoms with van der Waals surface area (Å²) in [6, 6.07) is 15.2. The van der Waals surface area contributed by atoms with E-state index in [4.69, 9.17) is 4.74 Å². The van der Waals surface area contributed by atoms with E-state index in [0.717, 1.165) is 32.5 Å². The molecule has 0 unspecified atom stereocenters. The van der Waals surface area contributed by atoms with Crippen LogP contribution < -0.4 is 4.74 Å². The number of aromatic nitrogens is 2. The zero-order chi connectivity index (χ0) is 20.1. The normalized spacial score (nSPS) is 10.7. The summed E-state index contributed by atoms with van der Waals surface area (Å²) >= 11 is 6.99. The fraction of sp³-hybridized carbons (Fsp3) is 0.238. The third kappa shape index (κ3) is 4.83. The Bertz CT molecular complexity index is 972. The minimum absolute atomic E-state index is 0.0431. The summed E-state index contributed by atoms with van der Waals surface area (Å²) in [5.74, 6) is 0.729. The maximum atomic E-state index is 12.9. The Hall–Kier alpha value is -2.12. The molecule has 0 aliphatic heterocycles. The van der Waals surface area contributed by atoms with Gasteiger partial charge in [-0.2, -0.15) is 5.10 Å². The van der Waals surface area contributed by atoms with E-state index in [1.165, 1.54) is 0 Å². The molecule has 0 N–H and O–H groups in total. The van der Waals surface area contributed by atoms with Gasteiger partial charge in [-0.15, -0.1) is 0 Å². The van der Waals surface area contributed by atoms with Crippen molar-refractivity contribution in [2.24, 2.45) is 0 Å². The molecule has 2 aromatic carbocycles. The molecule has 5 nitrogen and oxygen atoms in total. The summed E-state index contributed by atoms with van der Waals surface area (Å²) in [7, 11) is 1.80. The number of carbonyl (C=O) groups is 1. The third-order valence-electron chi connectivity index (χ3n) is 4.34. The highest BCUT2D eigenvalue weighted by atomic mass is 79.9. The van der Waals surface area contributed by atoms with E-state index in [0.29, 0.717) is 18.7 Å². The van der Waals surface area contributed by atoms with Crippen molar-refractivity contribution in [1.29, 1.82) is 0 Å². The topological polar surface area (TPSA) is 47.4 Å². The van der Waals surface area contributed by atoms with E-state index in [1.54, 1.807) is 18.1 Å². The number of carbonyl (C=O) groups excluding carboxylic acids is 1. The zero-order valence-corrected chi connectivity index (χ0v) is 18.9. The van der Waals surface area contributed by atoms with Crippen molar-refractivity contribution in [2.75, 3.05) is 7.05 Å². The molecule has 146 valence electrons. The first-order chi connectivity index (χ1) is 13.5. The van der Waals surface area contributed by atoms with Crippen molar-refractivity contribution in [3.05, 3.63) is 80.5 Å². The van der Waals surface area contributed by atoms with Gasteiger partial charge in [0, 0.05) is 19.2 Å². The number of amides is 1. The molecule has 0 atom stereocenters. The molecule has 3 rings (SSSR count). The van der Waals surface area contributed by atoms with Crippen LogP contribution in [0.5, 0.6) is 5.75 Å². The van der Waals surface area contributed by atoms with Gasteiger partial charge >= 0.3 is 0 Å². The first-order valence-electron chi connectivity index (χ1n) is 8.91. The van der Waals surface area contributed by atoms with Crippen LogP contribution in [-0.2, 0) is 19.7 Å². The smallest absolute Gasteiger partial charge is 0.253 e. The molecule has 0 fully saturated rings. The lowest BCUT2D eigenvalue weighted by molar-refractivity contribution is 0.0781. The van der Waals surface area contributed by atoms with Crippen LogP contribution >= 0.6 is 31.9 Å². The lowest BCUT2D eigenvalue weighted by Crippen LogP contribution is -2.27. The van der Waals surface area contributed by atoms with E-state index in [2.05, 4.69) is 37.0 Å². The summed E-state index contributed by atoms with van der Waals surface area (Å²) in [6.07, 6.45) is 1.76. The van der Waals surface area contributed by atoms with Crippen LogP contribution in [0.15, 0.2) is 63.7 Å². The predicted molar refractivity (Wildman–Crippen MR) is 116 cm³/mol. The van der Waals surface area contributed by atoms with Crippen LogP contribution in [0.1, 0.15) is 28.5 Å². The zero-order valence-electron chi connectivity index (χ0n) is 15.7. The van der Waals surface area contributed by atoms with E-state index in [-0.39, 0.29) is 5.91 Å². The fourth-order valence-corrected chi connectivity index (χ4v) is 3.67. The third-order valence-corrected chi connectivity index (χ3v) is 5.65. The van der Waals surface area contributed by atoms with Gasteiger partial charge in [0.1, 0.15) is 12.4 Å². The number of rotatable bonds is 7. The molecular weight excluding hydrogens is 486 g/mol. The van der Waals surface area contributed by atoms with Crippen molar-refractivity contribution in [3.63, 3.8) is 0 Å². The fourth-order valence-electron chi connectivity index (χ4n) is 2.85. The first-order valence-corrected chi connectivity index (χ1v) is 10.5. The number of hydrogen-bond acceptors (Lipinski definition) is 3. The highest BCUT2D eigenvalue weighted by molar-refractivity contribution is 9.10. The predicted octanol–water partition coefficient (Wildman–Crippen LogP) is 5.28. The number of para-hydroxylation sites is 1. The molecular formula is C21H21Br2N3O2. The Labute approximate surface area is 181 Å². The Morgan fingerprint density at radius 2 is 1.93 bits per heavy atom. The molecule has 28 heavy (non-hydrogen) atoms. The average molecular weight is 507 g/mol. The van der Waals surface area contributed by atoms with Crippen LogP contribution in [0.2, 0.25) is 0 Å². The molecule has 1 heterocycles. The second kappa shape index (κ2) is 9.39. The molecule has 1 amide bonds. The highest BCUT2D eigenvalue weighted by Crippen LogP contribution is 2.25. The van der Waals surface area contributed by atoms with Crippen molar-refractivity contribution < 1.29 is 9.53 Å². The highest BCUT2D eigenvalue weighted by Gasteiger charge is 2.16. The second-order valence-corrected chi connectivity index (χ2v) is 8.04. The minimum atomic E-state index is -0.0431. The van der Waals surface area contributed by atoms with Crippen molar-refractivity contribution in [1.82, 2.24) is 14.7 Å². The van der Waals surface area contributed by atoms with Crippen LogP contribution in [0.25, 0.3) is 0 Å². The molecule has 0 saturated heterocycles. The van der Waals surface area contributed by atoms with Gasteiger partial charge in [0.2, 0.25) is 0 Å². The van der Waals surface area contributed by atoms with Gasteiger partial charge in [-0.05, 0) is 68.6 Å². The summed E-state index contributed by atoms with van der Waals surface area (Å²) in [4.78, 5) is 14.6. The summed E-state index contributed by atoms with van der Waals surface area (Å²) in [5, 5.41) is 4.31. The number of benzene rings is 2. The number of nitrogens with zero attached hydrogens (tertiary/aromatic N) is 3. The van der Waals surface area contributed by atoms with Gasteiger partial charge in [-0.25, -0.2) is 0 Å². The molecule has 7 heteroatoms. The molecule has 3 aromatic rings. The van der Waals surface area contributed by atoms with Gasteiger partial charge in [-0.1, -0.05) is 24.3 Å². The second-order valence-electron chi connectivity index (χ2n) is 6.34. The van der Waals surface area contributed by atoms with Gasteiger partial charge in [0.25, 0.3) is 5.91 Å². The maximum absolute atomic E-state index is 12.9. The minimum Gasteiger partial charge on any atom is -0.488 e. The molecule has 0 radical (unpaired) electrons. The monoisotopic (exact) mass is 505 g/mol. The lowest BCUT2D eigenvalue weighted by atomic mass is 10.1. The lowest BCUT2D eigenvalue weighted by Gasteiger charge is -2.19. The van der Waals surface area contributed by atoms with E-state index in [1.807, 2.05) is 60.1 Å². The number of halogens is 2. The van der Waals surface area contributed by atoms with E-state index in [9.17, 15) is 4.79 Å². The Morgan fingerprint density at radius 1 is 1.14 bits per heavy atom. The number of ether oxygens (including phenoxy) is 1. The summed E-state index contributed by atoms with van der Waals surface area (Å²) in [6.45, 7) is 3.65. The summed E-state index contributed by atoms with van der Waals surface area (Å²) < 4.78 is 9.55. The molecule has 0 bridgehead atoms. The Morgan fingerprint density at radius 3 is 2.68 bits per heavy atom. The SMILES string of the molecule is CCn1ncc(Br)c1CN(C)C(=O)c1cccc(COc2ccccc2Br)c1. The first kappa shape index (κ1) is 20.6. The molecule has 0 saturated carbocycles. The van der Waals surface area contributed by atoms with Crippen LogP contribution in [0, 0.1) is 0 Å². The van der Waals surface area contributed by atoms with Gasteiger partial charge in [-0.3, -0.25) is 9.48 Å². The van der Waals surface area contributed by atoms with Gasteiger partial charge in [0.15, 0.2) is 0 Å². The van der Waals surface area contributed by atoms with E-state index < -0.39 is 0 Å². The van der Waals surface area contributed by atoms with Crippen molar-refractivity contribution >= 4 is 37.8 Å². The Kier molecular flexibility index (Phi) is 6.91. The van der Waals surface area contributed by atoms with Crippen molar-refractivity contribution in [3.8, 4) is 5.75 Å². The van der Waals surface area contributed by atoms with Gasteiger partial charge in [0.05, 0.1) is 27.4 Å². The largest absolute Gasteiger partial charge is 0.488 e. The quantitative estimate of drug-likeness (QED) is 0.438. The van der Waals surface area contributed by atoms with Crippen molar-refractivity contribution in [2.45, 2.75) is 26.6 Å². The molecule has 0 aliphatic rings. The van der Waals surface area contributed by atoms with Crippen LogP contribution in [0.4, 0.5) is 0 Å². The number of aryl methyl sites for hydroxylation is 1. The van der Waals surface area contributed by atoms with Crippen LogP contribution in [-0.4, -0.2) is 27.6 Å².